The van der Waals surface area contributed by atoms with Crippen LogP contribution in [0.3, 0.4) is 0 Å². The molecule has 0 radical (unpaired) electrons. The highest BCUT2D eigenvalue weighted by Crippen LogP contribution is 2.22. The maximum Gasteiger partial charge on any atom is 0.255 e. The van der Waals surface area contributed by atoms with Crippen molar-refractivity contribution in [3.05, 3.63) is 59.8 Å². The topological polar surface area (TPSA) is 57.7 Å². The van der Waals surface area contributed by atoms with E-state index >= 15 is 0 Å². The molecule has 1 aromatic carbocycles. The number of carbonyl (C=O) groups excluding carboxylic acids is 1. The van der Waals surface area contributed by atoms with E-state index in [1.807, 2.05) is 12.1 Å². The molecule has 2 aliphatic heterocycles. The first-order valence-electron chi connectivity index (χ1n) is 11.6. The van der Waals surface area contributed by atoms with E-state index in [0.717, 1.165) is 44.5 Å². The lowest BCUT2D eigenvalue weighted by atomic mass is 9.90. The number of nitrogens with one attached hydrogen (secondary N) is 1. The number of likely N-dealkylation sites (tertiary alicyclic amines) is 1. The smallest absolute Gasteiger partial charge is 0.255 e. The molecule has 0 bridgehead atoms. The first kappa shape index (κ1) is 21.8. The lowest BCUT2D eigenvalue weighted by Gasteiger charge is -2.32. The lowest BCUT2D eigenvalue weighted by Crippen LogP contribution is -2.41. The van der Waals surface area contributed by atoms with E-state index in [2.05, 4.69) is 50.4 Å². The Bertz CT molecular complexity index is 815. The summed E-state index contributed by atoms with van der Waals surface area (Å²) in [6.45, 7) is 6.74. The van der Waals surface area contributed by atoms with Crippen LogP contribution in [0.2, 0.25) is 0 Å². The van der Waals surface area contributed by atoms with Crippen molar-refractivity contribution in [2.75, 3.05) is 57.4 Å². The van der Waals surface area contributed by atoms with Gasteiger partial charge in [-0.05, 0) is 62.4 Å². The Morgan fingerprint density at radius 3 is 2.58 bits per heavy atom. The fourth-order valence-electron chi connectivity index (χ4n) is 4.54. The Balaban J connectivity index is 1.18. The van der Waals surface area contributed by atoms with E-state index in [1.165, 1.54) is 31.2 Å². The molecule has 2 aliphatic rings. The Hall–Kier alpha value is -2.44. The predicted octanol–water partition coefficient (Wildman–Crippen LogP) is 2.99. The van der Waals surface area contributed by atoms with Crippen LogP contribution in [-0.4, -0.2) is 68.3 Å². The number of anilines is 1. The van der Waals surface area contributed by atoms with Crippen molar-refractivity contribution in [3.63, 3.8) is 0 Å². The summed E-state index contributed by atoms with van der Waals surface area (Å²) in [5.41, 5.74) is 2.10. The predicted molar refractivity (Wildman–Crippen MR) is 124 cm³/mol. The number of nitrogens with zero attached hydrogens (tertiary/aromatic N) is 3. The van der Waals surface area contributed by atoms with Crippen molar-refractivity contribution in [1.82, 2.24) is 15.2 Å². The highest BCUT2D eigenvalue weighted by atomic mass is 16.5. The van der Waals surface area contributed by atoms with E-state index in [-0.39, 0.29) is 5.91 Å². The summed E-state index contributed by atoms with van der Waals surface area (Å²) in [5.74, 6) is 1.55. The van der Waals surface area contributed by atoms with Gasteiger partial charge in [0.2, 0.25) is 0 Å². The molecule has 166 valence electrons. The highest BCUT2D eigenvalue weighted by molar-refractivity contribution is 5.98. The quantitative estimate of drug-likeness (QED) is 0.709. The molecule has 0 aliphatic carbocycles. The summed E-state index contributed by atoms with van der Waals surface area (Å²) in [4.78, 5) is 21.9. The number of aromatic nitrogens is 1. The minimum absolute atomic E-state index is 0.0349. The fraction of sp³-hybridized carbons (Fsp3) is 0.520. The number of benzene rings is 1. The molecular weight excluding hydrogens is 388 g/mol. The van der Waals surface area contributed by atoms with Crippen LogP contribution in [0.4, 0.5) is 5.82 Å². The number of ether oxygens (including phenoxy) is 1. The van der Waals surface area contributed by atoms with Crippen LogP contribution in [0.15, 0.2) is 48.7 Å². The standard InChI is InChI=1S/C25H34N4O2/c30-25(23-7-4-12-26-24(23)29-17-19-31-20-18-29)27-13-16-28-14-10-22(11-15-28)9-8-21-5-2-1-3-6-21/h1-7,12,22H,8-11,13-20H2,(H,27,30). The molecule has 2 aromatic rings. The van der Waals surface area contributed by atoms with Crippen LogP contribution < -0.4 is 10.2 Å². The second-order valence-electron chi connectivity index (χ2n) is 8.54. The number of hydrogen-bond donors (Lipinski definition) is 1. The van der Waals surface area contributed by atoms with Gasteiger partial charge in [0.1, 0.15) is 5.82 Å². The summed E-state index contributed by atoms with van der Waals surface area (Å²) in [6, 6.07) is 14.5. The maximum absolute atomic E-state index is 12.8. The Morgan fingerprint density at radius 1 is 1.03 bits per heavy atom. The first-order valence-corrected chi connectivity index (χ1v) is 11.6. The Labute approximate surface area is 185 Å². The highest BCUT2D eigenvalue weighted by Gasteiger charge is 2.21. The second kappa shape index (κ2) is 11.3. The zero-order valence-electron chi connectivity index (χ0n) is 18.3. The number of rotatable bonds is 8. The molecule has 4 rings (SSSR count). The van der Waals surface area contributed by atoms with Crippen molar-refractivity contribution in [1.29, 1.82) is 0 Å². The molecule has 6 heteroatoms. The molecule has 0 atom stereocenters. The van der Waals surface area contributed by atoms with Crippen molar-refractivity contribution in [2.24, 2.45) is 5.92 Å². The number of piperidine rings is 1. The van der Waals surface area contributed by atoms with Crippen LogP contribution in [0.1, 0.15) is 35.2 Å². The minimum atomic E-state index is -0.0349. The summed E-state index contributed by atoms with van der Waals surface area (Å²) in [7, 11) is 0. The van der Waals surface area contributed by atoms with Gasteiger partial charge in [0.25, 0.3) is 5.91 Å². The molecule has 31 heavy (non-hydrogen) atoms. The first-order chi connectivity index (χ1) is 15.3. The number of amides is 1. The van der Waals surface area contributed by atoms with Gasteiger partial charge in [-0.2, -0.15) is 0 Å². The van der Waals surface area contributed by atoms with Crippen molar-refractivity contribution in [2.45, 2.75) is 25.7 Å². The van der Waals surface area contributed by atoms with Crippen molar-refractivity contribution < 1.29 is 9.53 Å². The average Bonchev–Trinajstić information content (AvgIpc) is 2.85. The Morgan fingerprint density at radius 2 is 1.81 bits per heavy atom. The van der Waals surface area contributed by atoms with E-state index in [0.29, 0.717) is 25.3 Å². The zero-order chi connectivity index (χ0) is 21.3. The molecule has 6 nitrogen and oxygen atoms in total. The second-order valence-corrected chi connectivity index (χ2v) is 8.54. The molecule has 0 spiro atoms. The molecule has 1 aromatic heterocycles. The fourth-order valence-corrected chi connectivity index (χ4v) is 4.54. The van der Waals surface area contributed by atoms with Gasteiger partial charge in [-0.25, -0.2) is 4.98 Å². The number of morpholine rings is 1. The van der Waals surface area contributed by atoms with Gasteiger partial charge in [0.15, 0.2) is 0 Å². The van der Waals surface area contributed by atoms with Crippen LogP contribution in [0.5, 0.6) is 0 Å². The van der Waals surface area contributed by atoms with Crippen molar-refractivity contribution in [3.8, 4) is 0 Å². The average molecular weight is 423 g/mol. The van der Waals surface area contributed by atoms with Gasteiger partial charge in [0.05, 0.1) is 18.8 Å². The molecule has 1 amide bonds. The molecule has 0 saturated carbocycles. The normalized spacial score (nSPS) is 18.1. The number of pyridine rings is 1. The largest absolute Gasteiger partial charge is 0.378 e. The lowest BCUT2D eigenvalue weighted by molar-refractivity contribution is 0.0941. The van der Waals surface area contributed by atoms with Gasteiger partial charge in [0, 0.05) is 32.4 Å². The van der Waals surface area contributed by atoms with Gasteiger partial charge in [-0.3, -0.25) is 4.79 Å². The molecule has 0 unspecified atom stereocenters. The van der Waals surface area contributed by atoms with Crippen molar-refractivity contribution >= 4 is 11.7 Å². The van der Waals surface area contributed by atoms with Crippen LogP contribution >= 0.6 is 0 Å². The number of aryl methyl sites for hydroxylation is 1. The van der Waals surface area contributed by atoms with E-state index in [1.54, 1.807) is 6.20 Å². The van der Waals surface area contributed by atoms with Crippen LogP contribution in [0, 0.1) is 5.92 Å². The summed E-state index contributed by atoms with van der Waals surface area (Å²) in [5, 5.41) is 3.11. The number of carbonyl (C=O) groups is 1. The molecule has 2 fully saturated rings. The third-order valence-electron chi connectivity index (χ3n) is 6.45. The zero-order valence-corrected chi connectivity index (χ0v) is 18.3. The van der Waals surface area contributed by atoms with Gasteiger partial charge >= 0.3 is 0 Å². The Kier molecular flexibility index (Phi) is 7.91. The van der Waals surface area contributed by atoms with Gasteiger partial charge in [-0.1, -0.05) is 30.3 Å². The summed E-state index contributed by atoms with van der Waals surface area (Å²) >= 11 is 0. The maximum atomic E-state index is 12.8. The molecule has 2 saturated heterocycles. The SMILES string of the molecule is O=C(NCCN1CCC(CCc2ccccc2)CC1)c1cccnc1N1CCOCC1. The van der Waals surface area contributed by atoms with Crippen LogP contribution in [-0.2, 0) is 11.2 Å². The van der Waals surface area contributed by atoms with Gasteiger partial charge < -0.3 is 19.9 Å². The monoisotopic (exact) mass is 422 g/mol. The molecule has 1 N–H and O–H groups in total. The molecule has 3 heterocycles. The van der Waals surface area contributed by atoms with E-state index in [9.17, 15) is 4.79 Å². The molecular formula is C25H34N4O2. The number of hydrogen-bond acceptors (Lipinski definition) is 5. The van der Waals surface area contributed by atoms with Crippen LogP contribution in [0.25, 0.3) is 0 Å². The summed E-state index contributed by atoms with van der Waals surface area (Å²) in [6.07, 6.45) is 6.72. The van der Waals surface area contributed by atoms with E-state index < -0.39 is 0 Å². The third-order valence-corrected chi connectivity index (χ3v) is 6.45. The summed E-state index contributed by atoms with van der Waals surface area (Å²) < 4.78 is 5.42. The third kappa shape index (κ3) is 6.28. The minimum Gasteiger partial charge on any atom is -0.378 e. The van der Waals surface area contributed by atoms with E-state index in [4.69, 9.17) is 4.74 Å². The van der Waals surface area contributed by atoms with Gasteiger partial charge in [-0.15, -0.1) is 0 Å².